The summed E-state index contributed by atoms with van der Waals surface area (Å²) in [6.45, 7) is 16.8. The summed E-state index contributed by atoms with van der Waals surface area (Å²) in [7, 11) is 2.16. The highest BCUT2D eigenvalue weighted by molar-refractivity contribution is 5.69. The summed E-state index contributed by atoms with van der Waals surface area (Å²) in [5, 5.41) is 11.4. The van der Waals surface area contributed by atoms with E-state index in [0.717, 1.165) is 80.9 Å². The molecule has 6 heteroatoms. The van der Waals surface area contributed by atoms with Gasteiger partial charge in [-0.05, 0) is 81.8 Å². The highest BCUT2D eigenvalue weighted by Crippen LogP contribution is 2.55. The lowest BCUT2D eigenvalue weighted by Crippen LogP contribution is -2.45. The highest BCUT2D eigenvalue weighted by Gasteiger charge is 2.46. The summed E-state index contributed by atoms with van der Waals surface area (Å²) in [4.78, 5) is 17.3. The molecule has 0 radical (unpaired) electrons. The number of ether oxygens (including phenoxy) is 2. The standard InChI is InChI=1S/C34H54N2O4/c1-7-8-9-10-15-33(2,3)26-22-29(37)32-27-21-25(13-14-28(27)34(4,5)40-30(32)23-26)24-39-31(38)12-11-16-36-19-17-35(6)18-20-36/h13,22-23,27-28,37H,7-12,14-21,24H2,1-6H3/t27-,28-/m0/s1. The second-order valence-corrected chi connectivity index (χ2v) is 13.7. The van der Waals surface area contributed by atoms with Crippen molar-refractivity contribution in [2.24, 2.45) is 5.92 Å². The third-order valence-corrected chi connectivity index (χ3v) is 9.69. The summed E-state index contributed by atoms with van der Waals surface area (Å²) in [6, 6.07) is 4.17. The molecule has 2 heterocycles. The molecular weight excluding hydrogens is 500 g/mol. The largest absolute Gasteiger partial charge is 0.508 e. The van der Waals surface area contributed by atoms with E-state index in [4.69, 9.17) is 9.47 Å². The van der Waals surface area contributed by atoms with Gasteiger partial charge in [0.1, 0.15) is 23.7 Å². The molecule has 2 atom stereocenters. The minimum atomic E-state index is -0.337. The average Bonchev–Trinajstić information content (AvgIpc) is 2.90. The molecule has 224 valence electrons. The van der Waals surface area contributed by atoms with Crippen molar-refractivity contribution < 1.29 is 19.4 Å². The zero-order chi connectivity index (χ0) is 28.9. The van der Waals surface area contributed by atoms with Gasteiger partial charge >= 0.3 is 5.97 Å². The Morgan fingerprint density at radius 2 is 1.88 bits per heavy atom. The molecule has 0 amide bonds. The smallest absolute Gasteiger partial charge is 0.306 e. The van der Waals surface area contributed by atoms with Crippen molar-refractivity contribution in [1.29, 1.82) is 0 Å². The van der Waals surface area contributed by atoms with Crippen LogP contribution in [0.5, 0.6) is 11.5 Å². The van der Waals surface area contributed by atoms with Gasteiger partial charge in [0.2, 0.25) is 0 Å². The van der Waals surface area contributed by atoms with Gasteiger partial charge in [-0.1, -0.05) is 52.5 Å². The number of hydrogen-bond acceptors (Lipinski definition) is 6. The van der Waals surface area contributed by atoms with Crippen LogP contribution in [0.1, 0.15) is 109 Å². The fourth-order valence-corrected chi connectivity index (χ4v) is 6.88. The number of rotatable bonds is 12. The van der Waals surface area contributed by atoms with E-state index >= 15 is 0 Å². The molecule has 0 aromatic heterocycles. The van der Waals surface area contributed by atoms with Crippen LogP contribution < -0.4 is 4.74 Å². The van der Waals surface area contributed by atoms with Gasteiger partial charge in [0, 0.05) is 50.0 Å². The minimum absolute atomic E-state index is 0.0270. The molecule has 1 fully saturated rings. The Kier molecular flexibility index (Phi) is 10.3. The lowest BCUT2D eigenvalue weighted by molar-refractivity contribution is -0.143. The lowest BCUT2D eigenvalue weighted by atomic mass is 9.66. The van der Waals surface area contributed by atoms with Crippen molar-refractivity contribution in [1.82, 2.24) is 9.80 Å². The molecule has 0 spiro atoms. The van der Waals surface area contributed by atoms with Crippen LogP contribution in [0.3, 0.4) is 0 Å². The van der Waals surface area contributed by atoms with Gasteiger partial charge in [-0.15, -0.1) is 0 Å². The van der Waals surface area contributed by atoms with E-state index in [-0.39, 0.29) is 28.8 Å². The van der Waals surface area contributed by atoms with E-state index in [0.29, 0.717) is 18.8 Å². The molecule has 1 N–H and O–H groups in total. The number of phenolic OH excluding ortho intramolecular Hbond substituents is 1. The first-order chi connectivity index (χ1) is 19.0. The number of allylic oxidation sites excluding steroid dienone is 1. The van der Waals surface area contributed by atoms with Crippen LogP contribution in [0, 0.1) is 5.92 Å². The average molecular weight is 555 g/mol. The molecule has 6 nitrogen and oxygen atoms in total. The number of carbonyl (C=O) groups excluding carboxylic acids is 1. The monoisotopic (exact) mass is 554 g/mol. The quantitative estimate of drug-likeness (QED) is 0.174. The molecule has 1 aromatic carbocycles. The molecule has 1 aliphatic carbocycles. The number of hydrogen-bond donors (Lipinski definition) is 1. The molecule has 4 rings (SSSR count). The van der Waals surface area contributed by atoms with Crippen molar-refractivity contribution in [3.05, 3.63) is 34.9 Å². The number of unbranched alkanes of at least 4 members (excludes halogenated alkanes) is 3. The molecule has 2 aliphatic heterocycles. The van der Waals surface area contributed by atoms with Crippen molar-refractivity contribution in [2.75, 3.05) is 46.4 Å². The molecule has 0 bridgehead atoms. The predicted octanol–water partition coefficient (Wildman–Crippen LogP) is 6.80. The number of phenols is 1. The summed E-state index contributed by atoms with van der Waals surface area (Å²) in [6.07, 6.45) is 11.2. The molecule has 1 saturated heterocycles. The zero-order valence-electron chi connectivity index (χ0n) is 26.1. The molecular formula is C34H54N2O4. The third-order valence-electron chi connectivity index (χ3n) is 9.69. The second kappa shape index (κ2) is 13.3. The van der Waals surface area contributed by atoms with E-state index in [1.807, 2.05) is 6.07 Å². The third kappa shape index (κ3) is 7.61. The van der Waals surface area contributed by atoms with Crippen molar-refractivity contribution in [2.45, 2.75) is 109 Å². The fourth-order valence-electron chi connectivity index (χ4n) is 6.88. The number of benzene rings is 1. The van der Waals surface area contributed by atoms with Gasteiger partial charge in [-0.3, -0.25) is 4.79 Å². The maximum Gasteiger partial charge on any atom is 0.306 e. The van der Waals surface area contributed by atoms with Crippen LogP contribution in [0.2, 0.25) is 0 Å². The van der Waals surface area contributed by atoms with Crippen LogP contribution in [0.4, 0.5) is 0 Å². The molecule has 1 aromatic rings. The first-order valence-corrected chi connectivity index (χ1v) is 15.8. The number of fused-ring (bicyclic) bond motifs is 3. The number of carbonyl (C=O) groups is 1. The minimum Gasteiger partial charge on any atom is -0.508 e. The van der Waals surface area contributed by atoms with Crippen LogP contribution in [0.25, 0.3) is 0 Å². The topological polar surface area (TPSA) is 62.2 Å². The maximum atomic E-state index is 12.5. The van der Waals surface area contributed by atoms with Gasteiger partial charge in [0.15, 0.2) is 0 Å². The Bertz CT molecular complexity index is 1040. The summed E-state index contributed by atoms with van der Waals surface area (Å²) in [5.41, 5.74) is 2.86. The van der Waals surface area contributed by atoms with E-state index in [2.05, 4.69) is 63.6 Å². The van der Waals surface area contributed by atoms with Gasteiger partial charge in [0.05, 0.1) is 0 Å². The number of aromatic hydroxyl groups is 1. The first-order valence-electron chi connectivity index (χ1n) is 15.8. The second-order valence-electron chi connectivity index (χ2n) is 13.7. The zero-order valence-corrected chi connectivity index (χ0v) is 26.1. The number of esters is 1. The summed E-state index contributed by atoms with van der Waals surface area (Å²) < 4.78 is 12.3. The fraction of sp³-hybridized carbons (Fsp3) is 0.735. The van der Waals surface area contributed by atoms with E-state index < -0.39 is 0 Å². The SMILES string of the molecule is CCCCCCC(C)(C)c1cc(O)c2c(c1)OC(C)(C)[C@H]1CC=C(COC(=O)CCCN3CCN(C)CC3)C[C@H]21. The molecule has 3 aliphatic rings. The van der Waals surface area contributed by atoms with Gasteiger partial charge in [-0.25, -0.2) is 0 Å². The highest BCUT2D eigenvalue weighted by atomic mass is 16.5. The van der Waals surface area contributed by atoms with Crippen LogP contribution in [-0.2, 0) is 14.9 Å². The van der Waals surface area contributed by atoms with E-state index in [1.54, 1.807) is 0 Å². The molecule has 40 heavy (non-hydrogen) atoms. The Labute approximate surface area is 243 Å². The Morgan fingerprint density at radius 1 is 1.12 bits per heavy atom. The lowest BCUT2D eigenvalue weighted by Gasteiger charge is -2.47. The summed E-state index contributed by atoms with van der Waals surface area (Å²) in [5.74, 6) is 1.48. The van der Waals surface area contributed by atoms with Crippen molar-refractivity contribution >= 4 is 5.97 Å². The van der Waals surface area contributed by atoms with E-state index in [1.165, 1.54) is 25.7 Å². The van der Waals surface area contributed by atoms with Crippen LogP contribution >= 0.6 is 0 Å². The normalized spacial score (nSPS) is 23.1. The number of nitrogens with zero attached hydrogens (tertiary/aromatic N) is 2. The first kappa shape index (κ1) is 30.9. The van der Waals surface area contributed by atoms with Crippen molar-refractivity contribution in [3.63, 3.8) is 0 Å². The number of piperazine rings is 1. The summed E-state index contributed by atoms with van der Waals surface area (Å²) >= 11 is 0. The molecule has 0 unspecified atom stereocenters. The van der Waals surface area contributed by atoms with Crippen molar-refractivity contribution in [3.8, 4) is 11.5 Å². The Hall–Kier alpha value is -2.05. The van der Waals surface area contributed by atoms with Crippen LogP contribution in [-0.4, -0.2) is 72.9 Å². The Morgan fingerprint density at radius 3 is 2.60 bits per heavy atom. The predicted molar refractivity (Wildman–Crippen MR) is 162 cm³/mol. The maximum absolute atomic E-state index is 12.5. The molecule has 0 saturated carbocycles. The Balaban J connectivity index is 1.37. The van der Waals surface area contributed by atoms with Gasteiger partial charge in [-0.2, -0.15) is 0 Å². The van der Waals surface area contributed by atoms with E-state index in [9.17, 15) is 9.90 Å². The van der Waals surface area contributed by atoms with Gasteiger partial charge in [0.25, 0.3) is 0 Å². The van der Waals surface area contributed by atoms with Crippen LogP contribution in [0.15, 0.2) is 23.8 Å². The number of likely N-dealkylation sites (N-methyl/N-ethyl adjacent to an activating group) is 1. The van der Waals surface area contributed by atoms with Gasteiger partial charge < -0.3 is 24.4 Å².